The molecule has 0 spiro atoms. The normalized spacial score (nSPS) is 10.4. The van der Waals surface area contributed by atoms with Crippen molar-refractivity contribution in [2.45, 2.75) is 13.8 Å². The first-order valence-corrected chi connectivity index (χ1v) is 9.10. The molecule has 0 saturated carbocycles. The van der Waals surface area contributed by atoms with Crippen molar-refractivity contribution in [3.8, 4) is 11.5 Å². The highest BCUT2D eigenvalue weighted by atomic mass is 16.6. The van der Waals surface area contributed by atoms with Crippen molar-refractivity contribution in [1.29, 1.82) is 0 Å². The van der Waals surface area contributed by atoms with E-state index in [1.54, 1.807) is 49.4 Å². The van der Waals surface area contributed by atoms with Gasteiger partial charge in [0.2, 0.25) is 5.91 Å². The van der Waals surface area contributed by atoms with Crippen molar-refractivity contribution in [2.75, 3.05) is 25.6 Å². The molecule has 2 aromatic carbocycles. The van der Waals surface area contributed by atoms with E-state index in [9.17, 15) is 14.4 Å². The molecule has 2 rings (SSSR count). The van der Waals surface area contributed by atoms with Crippen LogP contribution in [0.5, 0.6) is 11.5 Å². The van der Waals surface area contributed by atoms with E-state index in [4.69, 9.17) is 14.2 Å². The summed E-state index contributed by atoms with van der Waals surface area (Å²) in [4.78, 5) is 34.8. The Bertz CT molecular complexity index is 942. The zero-order valence-corrected chi connectivity index (χ0v) is 16.9. The molecule has 2 amide bonds. The second kappa shape index (κ2) is 11.2. The van der Waals surface area contributed by atoms with Gasteiger partial charge in [0.25, 0.3) is 5.91 Å². The third-order valence-corrected chi connectivity index (χ3v) is 3.66. The van der Waals surface area contributed by atoms with Crippen LogP contribution in [-0.4, -0.2) is 44.3 Å². The molecule has 0 fully saturated rings. The van der Waals surface area contributed by atoms with Gasteiger partial charge >= 0.3 is 5.97 Å². The smallest absolute Gasteiger partial charge is 0.344 e. The summed E-state index contributed by atoms with van der Waals surface area (Å²) < 4.78 is 15.5. The van der Waals surface area contributed by atoms with Gasteiger partial charge in [-0.3, -0.25) is 9.59 Å². The summed E-state index contributed by atoms with van der Waals surface area (Å²) >= 11 is 0. The van der Waals surface area contributed by atoms with E-state index in [1.807, 2.05) is 0 Å². The number of carbonyl (C=O) groups is 3. The molecular weight excluding hydrogens is 390 g/mol. The van der Waals surface area contributed by atoms with Gasteiger partial charge in [-0.2, -0.15) is 5.10 Å². The molecular formula is C21H23N3O6. The lowest BCUT2D eigenvalue weighted by Gasteiger charge is -2.10. The van der Waals surface area contributed by atoms with Gasteiger partial charge in [0, 0.05) is 18.2 Å². The Morgan fingerprint density at radius 1 is 1.10 bits per heavy atom. The number of esters is 1. The average Bonchev–Trinajstić information content (AvgIpc) is 2.72. The Morgan fingerprint density at radius 2 is 1.90 bits per heavy atom. The number of nitrogens with one attached hydrogen (secondary N) is 2. The number of carbonyl (C=O) groups excluding carboxylic acids is 3. The number of amides is 2. The van der Waals surface area contributed by atoms with Gasteiger partial charge in [-0.15, -0.1) is 0 Å². The summed E-state index contributed by atoms with van der Waals surface area (Å²) in [5, 5.41) is 6.54. The van der Waals surface area contributed by atoms with Crippen molar-refractivity contribution in [2.24, 2.45) is 5.10 Å². The van der Waals surface area contributed by atoms with Crippen LogP contribution in [0.2, 0.25) is 0 Å². The molecule has 2 N–H and O–H groups in total. The molecule has 0 bridgehead atoms. The summed E-state index contributed by atoms with van der Waals surface area (Å²) in [6, 6.07) is 11.4. The van der Waals surface area contributed by atoms with Crippen LogP contribution in [0.3, 0.4) is 0 Å². The lowest BCUT2D eigenvalue weighted by molar-refractivity contribution is -0.145. The van der Waals surface area contributed by atoms with Gasteiger partial charge in [-0.05, 0) is 48.9 Å². The number of methoxy groups -OCH3 is 1. The highest BCUT2D eigenvalue weighted by molar-refractivity contribution is 5.97. The molecule has 30 heavy (non-hydrogen) atoms. The predicted molar refractivity (Wildman–Crippen MR) is 111 cm³/mol. The van der Waals surface area contributed by atoms with E-state index in [0.717, 1.165) is 0 Å². The minimum Gasteiger partial charge on any atom is -0.493 e. The van der Waals surface area contributed by atoms with Crippen LogP contribution in [0.15, 0.2) is 47.6 Å². The number of hydrogen-bond acceptors (Lipinski definition) is 7. The zero-order chi connectivity index (χ0) is 21.9. The summed E-state index contributed by atoms with van der Waals surface area (Å²) in [5.74, 6) is -0.358. The first-order chi connectivity index (χ1) is 14.4. The van der Waals surface area contributed by atoms with Crippen LogP contribution in [0.1, 0.15) is 29.8 Å². The van der Waals surface area contributed by atoms with E-state index < -0.39 is 11.9 Å². The van der Waals surface area contributed by atoms with Gasteiger partial charge in [-0.1, -0.05) is 6.07 Å². The minimum atomic E-state index is -0.476. The molecule has 0 radical (unpaired) electrons. The Labute approximate surface area is 174 Å². The second-order valence-corrected chi connectivity index (χ2v) is 5.97. The first kappa shape index (κ1) is 22.4. The minimum absolute atomic E-state index is 0.228. The van der Waals surface area contributed by atoms with Crippen LogP contribution < -0.4 is 20.2 Å². The van der Waals surface area contributed by atoms with E-state index in [-0.39, 0.29) is 19.1 Å². The molecule has 0 aliphatic heterocycles. The SMILES string of the molecule is CCOC(=O)COc1ccc(C=NNC(=O)c2cccc(NC(C)=O)c2)cc1OC. The fourth-order valence-electron chi connectivity index (χ4n) is 2.39. The van der Waals surface area contributed by atoms with Crippen molar-refractivity contribution in [3.05, 3.63) is 53.6 Å². The van der Waals surface area contributed by atoms with Gasteiger partial charge < -0.3 is 19.5 Å². The van der Waals surface area contributed by atoms with E-state index in [0.29, 0.717) is 28.3 Å². The van der Waals surface area contributed by atoms with Gasteiger partial charge in [0.15, 0.2) is 18.1 Å². The molecule has 9 nitrogen and oxygen atoms in total. The largest absolute Gasteiger partial charge is 0.493 e. The van der Waals surface area contributed by atoms with Crippen LogP contribution in [0.4, 0.5) is 5.69 Å². The van der Waals surface area contributed by atoms with Gasteiger partial charge in [-0.25, -0.2) is 10.2 Å². The van der Waals surface area contributed by atoms with E-state index in [1.165, 1.54) is 20.2 Å². The van der Waals surface area contributed by atoms with Crippen molar-refractivity contribution in [3.63, 3.8) is 0 Å². The fraction of sp³-hybridized carbons (Fsp3) is 0.238. The van der Waals surface area contributed by atoms with Crippen molar-refractivity contribution < 1.29 is 28.6 Å². The molecule has 9 heteroatoms. The molecule has 0 unspecified atom stereocenters. The monoisotopic (exact) mass is 413 g/mol. The number of ether oxygens (including phenoxy) is 3. The maximum absolute atomic E-state index is 12.2. The van der Waals surface area contributed by atoms with Gasteiger partial charge in [0.05, 0.1) is 19.9 Å². The molecule has 0 atom stereocenters. The molecule has 0 aromatic heterocycles. The maximum atomic E-state index is 12.2. The number of nitrogens with zero attached hydrogens (tertiary/aromatic N) is 1. The van der Waals surface area contributed by atoms with Crippen LogP contribution in [-0.2, 0) is 14.3 Å². The van der Waals surface area contributed by atoms with E-state index in [2.05, 4.69) is 15.8 Å². The van der Waals surface area contributed by atoms with Crippen LogP contribution >= 0.6 is 0 Å². The fourth-order valence-corrected chi connectivity index (χ4v) is 2.39. The quantitative estimate of drug-likeness (QED) is 0.370. The summed E-state index contributed by atoms with van der Waals surface area (Å²) in [5.41, 5.74) is 3.92. The second-order valence-electron chi connectivity index (χ2n) is 5.97. The molecule has 2 aromatic rings. The van der Waals surface area contributed by atoms with Crippen LogP contribution in [0, 0.1) is 0 Å². The molecule has 0 heterocycles. The first-order valence-electron chi connectivity index (χ1n) is 9.10. The number of rotatable bonds is 9. The lowest BCUT2D eigenvalue weighted by atomic mass is 10.2. The zero-order valence-electron chi connectivity index (χ0n) is 16.9. The third kappa shape index (κ3) is 6.93. The van der Waals surface area contributed by atoms with Crippen LogP contribution in [0.25, 0.3) is 0 Å². The highest BCUT2D eigenvalue weighted by Crippen LogP contribution is 2.27. The summed E-state index contributed by atoms with van der Waals surface area (Å²) in [6.07, 6.45) is 1.44. The summed E-state index contributed by atoms with van der Waals surface area (Å²) in [7, 11) is 1.47. The molecule has 0 saturated heterocycles. The van der Waals surface area contributed by atoms with Gasteiger partial charge in [0.1, 0.15) is 0 Å². The third-order valence-electron chi connectivity index (χ3n) is 3.66. The molecule has 0 aliphatic rings. The Hall–Kier alpha value is -3.88. The average molecular weight is 413 g/mol. The topological polar surface area (TPSA) is 115 Å². The Balaban J connectivity index is 1.99. The Morgan fingerprint density at radius 3 is 2.60 bits per heavy atom. The predicted octanol–water partition coefficient (Wildman–Crippen LogP) is 2.36. The number of benzene rings is 2. The van der Waals surface area contributed by atoms with Crippen molar-refractivity contribution in [1.82, 2.24) is 5.43 Å². The van der Waals surface area contributed by atoms with Crippen molar-refractivity contribution >= 4 is 29.7 Å². The highest BCUT2D eigenvalue weighted by Gasteiger charge is 2.09. The summed E-state index contributed by atoms with van der Waals surface area (Å²) in [6.45, 7) is 3.15. The number of hydrogen-bond donors (Lipinski definition) is 2. The maximum Gasteiger partial charge on any atom is 0.344 e. The number of anilines is 1. The lowest BCUT2D eigenvalue weighted by Crippen LogP contribution is -2.18. The Kier molecular flexibility index (Phi) is 8.37. The number of hydrazone groups is 1. The standard InChI is InChI=1S/C21H23N3O6/c1-4-29-20(26)13-30-18-9-8-15(10-19(18)28-3)12-22-24-21(27)16-6-5-7-17(11-16)23-14(2)25/h5-12H,4,13H2,1-3H3,(H,23,25)(H,24,27). The van der Waals surface area contributed by atoms with E-state index >= 15 is 0 Å². The molecule has 158 valence electrons. The molecule has 0 aliphatic carbocycles.